The maximum atomic E-state index is 11.7. The van der Waals surface area contributed by atoms with Gasteiger partial charge in [-0.15, -0.1) is 0 Å². The summed E-state index contributed by atoms with van der Waals surface area (Å²) in [6, 6.07) is 3.33. The Morgan fingerprint density at radius 2 is 2.04 bits per heavy atom. The third kappa shape index (κ3) is 4.43. The first-order valence-electron chi connectivity index (χ1n) is 6.55. The number of hydrogen-bond acceptors (Lipinski definition) is 7. The normalized spacial score (nSPS) is 14.7. The molecule has 0 unspecified atom stereocenters. The predicted octanol–water partition coefficient (Wildman–Crippen LogP) is -0.952. The van der Waals surface area contributed by atoms with E-state index >= 15 is 0 Å². The molecule has 0 fully saturated rings. The molecule has 0 amide bonds. The highest BCUT2D eigenvalue weighted by Crippen LogP contribution is 2.34. The molecule has 9 nitrogen and oxygen atoms in total. The molecule has 2 rings (SSSR count). The number of pyridine rings is 1. The highest BCUT2D eigenvalue weighted by Gasteiger charge is 2.26. The fraction of sp³-hybridized carbons (Fsp3) is 0.231. The third-order valence-electron chi connectivity index (χ3n) is 3.18. The van der Waals surface area contributed by atoms with Crippen LogP contribution in [0.15, 0.2) is 34.9 Å². The summed E-state index contributed by atoms with van der Waals surface area (Å²) in [6.45, 7) is -0.228. The van der Waals surface area contributed by atoms with Crippen molar-refractivity contribution >= 4 is 21.4 Å². The van der Waals surface area contributed by atoms with E-state index in [0.29, 0.717) is 29.7 Å². The van der Waals surface area contributed by atoms with Crippen LogP contribution in [0.5, 0.6) is 0 Å². The van der Waals surface area contributed by atoms with Crippen molar-refractivity contribution in [2.75, 3.05) is 0 Å². The Balaban J connectivity index is 0.00000127. The van der Waals surface area contributed by atoms with E-state index in [0.717, 1.165) is 0 Å². The molecule has 1 aromatic heterocycles. The summed E-state index contributed by atoms with van der Waals surface area (Å²) in [5, 5.41) is 22.0. The van der Waals surface area contributed by atoms with Crippen LogP contribution in [-0.2, 0) is 16.6 Å². The van der Waals surface area contributed by atoms with Crippen molar-refractivity contribution in [3.8, 4) is 0 Å². The molecule has 1 aromatic rings. The maximum absolute atomic E-state index is 11.7. The zero-order chi connectivity index (χ0) is 17.6. The number of sulfonamides is 1. The van der Waals surface area contributed by atoms with Gasteiger partial charge in [0.1, 0.15) is 5.84 Å². The van der Waals surface area contributed by atoms with E-state index in [9.17, 15) is 8.42 Å². The van der Waals surface area contributed by atoms with Crippen molar-refractivity contribution in [3.05, 3.63) is 46.1 Å². The molecule has 0 spiro atoms. The van der Waals surface area contributed by atoms with Crippen LogP contribution in [0.25, 0.3) is 5.57 Å². The molecule has 1 aliphatic carbocycles. The number of primary sulfonamides is 1. The van der Waals surface area contributed by atoms with Crippen LogP contribution in [0.3, 0.4) is 0 Å². The Morgan fingerprint density at radius 1 is 1.39 bits per heavy atom. The summed E-state index contributed by atoms with van der Waals surface area (Å²) in [6.07, 6.45) is 4.00. The maximum Gasteiger partial charge on any atom is 0.238 e. The van der Waals surface area contributed by atoms with E-state index in [1.54, 1.807) is 12.1 Å². The van der Waals surface area contributed by atoms with E-state index in [2.05, 4.69) is 16.7 Å². The summed E-state index contributed by atoms with van der Waals surface area (Å²) < 4.78 is 23.3. The molecule has 0 radical (unpaired) electrons. The number of rotatable bonds is 4. The van der Waals surface area contributed by atoms with E-state index < -0.39 is 10.0 Å². The number of nitrogens with zero attached hydrogens (tertiary/aromatic N) is 1. The van der Waals surface area contributed by atoms with E-state index in [-0.39, 0.29) is 22.9 Å². The average Bonchev–Trinajstić information content (AvgIpc) is 2.55. The summed E-state index contributed by atoms with van der Waals surface area (Å²) in [4.78, 5) is 3.85. The molecule has 0 aliphatic heterocycles. The molecule has 0 bridgehead atoms. The second kappa shape index (κ2) is 7.94. The third-order valence-corrected chi connectivity index (χ3v) is 4.16. The van der Waals surface area contributed by atoms with Crippen LogP contribution in [0, 0.1) is 5.41 Å². The second-order valence-electron chi connectivity index (χ2n) is 4.61. The molecule has 0 saturated heterocycles. The quantitative estimate of drug-likeness (QED) is 0.176. The number of aliphatic hydroxyl groups excluding tert-OH is 1. The number of hydrazine groups is 1. The second-order valence-corrected chi connectivity index (χ2v) is 6.14. The molecule has 0 saturated carbocycles. The monoisotopic (exact) mass is 340 g/mol. The Labute approximate surface area is 134 Å². The summed E-state index contributed by atoms with van der Waals surface area (Å²) in [5.74, 6) is 7.65. The Bertz CT molecular complexity index is 755. The van der Waals surface area contributed by atoms with Crippen LogP contribution in [0.1, 0.15) is 24.1 Å². The minimum Gasteiger partial charge on any atom is -0.390 e. The number of nitrogens with one attached hydrogen (secondary N) is 1. The SMILES string of the molecule is N=C(N)C1=C(c2ccnc(CO)c2)CCC=C1S(N)(=O)=O.NN. The van der Waals surface area contributed by atoms with Gasteiger partial charge in [-0.2, -0.15) is 0 Å². The molecule has 10 N–H and O–H groups in total. The Morgan fingerprint density at radius 3 is 2.57 bits per heavy atom. The Kier molecular flexibility index (Phi) is 6.54. The summed E-state index contributed by atoms with van der Waals surface area (Å²) in [7, 11) is -3.96. The topological polar surface area (TPSA) is 195 Å². The molecule has 23 heavy (non-hydrogen) atoms. The number of aliphatic hydroxyl groups is 1. The van der Waals surface area contributed by atoms with Gasteiger partial charge in [0, 0.05) is 11.8 Å². The van der Waals surface area contributed by atoms with Gasteiger partial charge in [0.25, 0.3) is 0 Å². The fourth-order valence-corrected chi connectivity index (χ4v) is 3.19. The number of nitrogens with two attached hydrogens (primary N) is 4. The number of allylic oxidation sites excluding steroid dienone is 2. The fourth-order valence-electron chi connectivity index (χ4n) is 2.32. The van der Waals surface area contributed by atoms with Gasteiger partial charge in [-0.05, 0) is 36.1 Å². The van der Waals surface area contributed by atoms with Gasteiger partial charge in [0.15, 0.2) is 0 Å². The van der Waals surface area contributed by atoms with Gasteiger partial charge in [0.05, 0.1) is 17.2 Å². The molecule has 10 heteroatoms. The van der Waals surface area contributed by atoms with Crippen LogP contribution in [0.2, 0.25) is 0 Å². The molecule has 1 heterocycles. The molecule has 1 aliphatic rings. The van der Waals surface area contributed by atoms with E-state index in [4.69, 9.17) is 21.4 Å². The zero-order valence-electron chi connectivity index (χ0n) is 12.4. The largest absolute Gasteiger partial charge is 0.390 e. The van der Waals surface area contributed by atoms with Crippen LogP contribution in [0.4, 0.5) is 0 Å². The zero-order valence-corrected chi connectivity index (χ0v) is 13.2. The first kappa shape index (κ1) is 18.9. The van der Waals surface area contributed by atoms with Gasteiger partial charge in [-0.3, -0.25) is 22.1 Å². The number of aromatic nitrogens is 1. The number of amidine groups is 1. The van der Waals surface area contributed by atoms with Gasteiger partial charge in [-0.1, -0.05) is 6.08 Å². The molecule has 126 valence electrons. The van der Waals surface area contributed by atoms with E-state index in [1.807, 2.05) is 0 Å². The molecule has 0 aromatic carbocycles. The van der Waals surface area contributed by atoms with Crippen molar-refractivity contribution in [1.29, 1.82) is 5.41 Å². The van der Waals surface area contributed by atoms with Crippen molar-refractivity contribution in [2.45, 2.75) is 19.4 Å². The smallest absolute Gasteiger partial charge is 0.238 e. The van der Waals surface area contributed by atoms with Crippen LogP contribution in [-0.4, -0.2) is 24.3 Å². The summed E-state index contributed by atoms with van der Waals surface area (Å²) >= 11 is 0. The van der Waals surface area contributed by atoms with Gasteiger partial charge >= 0.3 is 0 Å². The highest BCUT2D eigenvalue weighted by molar-refractivity contribution is 7.93. The Hall–Kier alpha value is -2.11. The van der Waals surface area contributed by atoms with Crippen LogP contribution < -0.4 is 22.6 Å². The highest BCUT2D eigenvalue weighted by atomic mass is 32.2. The lowest BCUT2D eigenvalue weighted by atomic mass is 9.91. The number of hydrogen-bond donors (Lipinski definition) is 6. The molecular weight excluding hydrogens is 320 g/mol. The van der Waals surface area contributed by atoms with Gasteiger partial charge in [-0.25, -0.2) is 13.6 Å². The van der Waals surface area contributed by atoms with Crippen molar-refractivity contribution in [3.63, 3.8) is 0 Å². The van der Waals surface area contributed by atoms with E-state index in [1.165, 1.54) is 12.3 Å². The van der Waals surface area contributed by atoms with Crippen molar-refractivity contribution in [1.82, 2.24) is 4.98 Å². The molecular formula is C13H20N6O3S. The van der Waals surface area contributed by atoms with Gasteiger partial charge < -0.3 is 10.8 Å². The predicted molar refractivity (Wildman–Crippen MR) is 87.8 cm³/mol. The van der Waals surface area contributed by atoms with Gasteiger partial charge in [0.2, 0.25) is 10.0 Å². The first-order valence-corrected chi connectivity index (χ1v) is 8.09. The standard InChI is InChI=1S/C13H16N4O3S.H4N2/c14-13(15)12-10(2-1-3-11(12)21(16,19)20)8-4-5-17-9(6-8)7-18;1-2/h3-6,18H,1-2,7H2,(H3,14,15)(H2,16,19,20);1-2H2. The minimum absolute atomic E-state index is 0.124. The minimum atomic E-state index is -3.96. The lowest BCUT2D eigenvalue weighted by molar-refractivity contribution is 0.277. The van der Waals surface area contributed by atoms with Crippen molar-refractivity contribution < 1.29 is 13.5 Å². The van der Waals surface area contributed by atoms with Crippen LogP contribution >= 0.6 is 0 Å². The molecule has 0 atom stereocenters. The first-order chi connectivity index (χ1) is 10.8. The lowest BCUT2D eigenvalue weighted by Crippen LogP contribution is -2.26. The van der Waals surface area contributed by atoms with Crippen molar-refractivity contribution in [2.24, 2.45) is 22.6 Å². The lowest BCUT2D eigenvalue weighted by Gasteiger charge is -2.20. The average molecular weight is 340 g/mol. The summed E-state index contributed by atoms with van der Waals surface area (Å²) in [5.41, 5.74) is 7.42.